The summed E-state index contributed by atoms with van der Waals surface area (Å²) in [7, 11) is 0. The Labute approximate surface area is 136 Å². The summed E-state index contributed by atoms with van der Waals surface area (Å²) in [6.07, 6.45) is 3.60. The van der Waals surface area contributed by atoms with E-state index in [-0.39, 0.29) is 19.1 Å². The highest BCUT2D eigenvalue weighted by Crippen LogP contribution is 2.21. The van der Waals surface area contributed by atoms with E-state index in [9.17, 15) is 13.6 Å². The number of ether oxygens (including phenoxy) is 1. The maximum atomic E-state index is 13.4. The van der Waals surface area contributed by atoms with Crippen LogP contribution in [-0.4, -0.2) is 34.1 Å². The van der Waals surface area contributed by atoms with Crippen LogP contribution in [0.3, 0.4) is 0 Å². The number of unbranched alkanes of at least 4 members (excludes halogenated alkanes) is 3. The number of halogens is 2. The van der Waals surface area contributed by atoms with Crippen LogP contribution < -0.4 is 5.73 Å². The molecule has 0 aliphatic heterocycles. The molecular weight excluding hydrogens is 304 g/mol. The SMILES string of the molecule is CCCCCCOC(=O)C(N)(Cn1cncc1C(C)C)C(F)F. The molecule has 0 aliphatic carbocycles. The van der Waals surface area contributed by atoms with Crippen LogP contribution in [0.5, 0.6) is 0 Å². The van der Waals surface area contributed by atoms with Gasteiger partial charge in [-0.3, -0.25) is 0 Å². The molecule has 1 aromatic heterocycles. The van der Waals surface area contributed by atoms with Crippen LogP contribution in [0.25, 0.3) is 0 Å². The van der Waals surface area contributed by atoms with Gasteiger partial charge in [-0.25, -0.2) is 18.6 Å². The van der Waals surface area contributed by atoms with E-state index in [1.54, 1.807) is 6.20 Å². The first-order valence-corrected chi connectivity index (χ1v) is 8.07. The zero-order chi connectivity index (χ0) is 17.5. The minimum atomic E-state index is -3.02. The number of esters is 1. The summed E-state index contributed by atoms with van der Waals surface area (Å²) in [5, 5.41) is 0. The minimum Gasteiger partial charge on any atom is -0.464 e. The lowest BCUT2D eigenvalue weighted by Gasteiger charge is -2.27. The Balaban J connectivity index is 2.74. The fourth-order valence-electron chi connectivity index (χ4n) is 2.28. The molecule has 1 rings (SSSR count). The number of nitrogens with two attached hydrogens (primary N) is 1. The molecule has 0 saturated heterocycles. The Morgan fingerprint density at radius 3 is 2.65 bits per heavy atom. The van der Waals surface area contributed by atoms with Crippen molar-refractivity contribution in [3.8, 4) is 0 Å². The summed E-state index contributed by atoms with van der Waals surface area (Å²) in [5.74, 6) is -0.975. The third kappa shape index (κ3) is 5.27. The number of carbonyl (C=O) groups excluding carboxylic acids is 1. The third-order valence-electron chi connectivity index (χ3n) is 3.77. The first-order valence-electron chi connectivity index (χ1n) is 8.07. The number of aromatic nitrogens is 2. The van der Waals surface area contributed by atoms with Crippen molar-refractivity contribution in [1.29, 1.82) is 0 Å². The smallest absolute Gasteiger partial charge is 0.334 e. The predicted molar refractivity (Wildman–Crippen MR) is 84.3 cm³/mol. The number of nitrogens with zero attached hydrogens (tertiary/aromatic N) is 2. The quantitative estimate of drug-likeness (QED) is 0.528. The van der Waals surface area contributed by atoms with Crippen LogP contribution in [0.1, 0.15) is 58.1 Å². The molecule has 0 bridgehead atoms. The molecule has 0 amide bonds. The van der Waals surface area contributed by atoms with Crippen molar-refractivity contribution >= 4 is 5.97 Å². The Morgan fingerprint density at radius 2 is 2.09 bits per heavy atom. The van der Waals surface area contributed by atoms with Crippen molar-refractivity contribution in [3.63, 3.8) is 0 Å². The summed E-state index contributed by atoms with van der Waals surface area (Å²) in [4.78, 5) is 16.0. The van der Waals surface area contributed by atoms with Gasteiger partial charge in [0.15, 0.2) is 5.54 Å². The van der Waals surface area contributed by atoms with Crippen molar-refractivity contribution in [1.82, 2.24) is 9.55 Å². The lowest BCUT2D eigenvalue weighted by molar-refractivity contribution is -0.157. The second kappa shape index (κ2) is 8.96. The second-order valence-electron chi connectivity index (χ2n) is 6.14. The molecule has 0 saturated carbocycles. The monoisotopic (exact) mass is 331 g/mol. The molecule has 0 spiro atoms. The normalized spacial score (nSPS) is 14.3. The number of hydrogen-bond acceptors (Lipinski definition) is 4. The van der Waals surface area contributed by atoms with E-state index in [0.717, 1.165) is 25.0 Å². The largest absolute Gasteiger partial charge is 0.464 e. The van der Waals surface area contributed by atoms with Gasteiger partial charge in [0.25, 0.3) is 6.43 Å². The number of hydrogen-bond donors (Lipinski definition) is 1. The van der Waals surface area contributed by atoms with Gasteiger partial charge in [-0.1, -0.05) is 40.0 Å². The highest BCUT2D eigenvalue weighted by atomic mass is 19.3. The standard InChI is InChI=1S/C16H27F2N3O2/c1-4-5-6-7-8-23-15(22)16(19,14(17)18)10-21-11-20-9-13(21)12(2)3/h9,11-12,14H,4-8,10,19H2,1-3H3. The molecule has 0 radical (unpaired) electrons. The Bertz CT molecular complexity index is 491. The van der Waals surface area contributed by atoms with Crippen LogP contribution in [-0.2, 0) is 16.1 Å². The molecule has 0 aliphatic rings. The van der Waals surface area contributed by atoms with Crippen LogP contribution >= 0.6 is 0 Å². The fraction of sp³-hybridized carbons (Fsp3) is 0.750. The summed E-state index contributed by atoms with van der Waals surface area (Å²) in [6, 6.07) is 0. The zero-order valence-corrected chi connectivity index (χ0v) is 14.1. The summed E-state index contributed by atoms with van der Waals surface area (Å²) < 4.78 is 33.3. The first-order chi connectivity index (χ1) is 10.8. The van der Waals surface area contributed by atoms with Gasteiger partial charge in [-0.2, -0.15) is 0 Å². The van der Waals surface area contributed by atoms with Gasteiger partial charge in [0, 0.05) is 11.9 Å². The van der Waals surface area contributed by atoms with E-state index >= 15 is 0 Å². The van der Waals surface area contributed by atoms with Crippen molar-refractivity contribution in [2.24, 2.45) is 5.73 Å². The molecule has 1 unspecified atom stereocenters. The Kier molecular flexibility index (Phi) is 7.61. The average molecular weight is 331 g/mol. The molecule has 0 fully saturated rings. The molecule has 23 heavy (non-hydrogen) atoms. The molecular formula is C16H27F2N3O2. The van der Waals surface area contributed by atoms with Crippen LogP contribution in [0, 0.1) is 0 Å². The average Bonchev–Trinajstić information content (AvgIpc) is 2.94. The second-order valence-corrected chi connectivity index (χ2v) is 6.14. The predicted octanol–water partition coefficient (Wildman–Crippen LogP) is 3.09. The maximum absolute atomic E-state index is 13.4. The van der Waals surface area contributed by atoms with Crippen LogP contribution in [0.15, 0.2) is 12.5 Å². The van der Waals surface area contributed by atoms with Gasteiger partial charge in [-0.05, 0) is 12.3 Å². The third-order valence-corrected chi connectivity index (χ3v) is 3.77. The minimum absolute atomic E-state index is 0.0875. The van der Waals surface area contributed by atoms with Crippen molar-refractivity contribution in [2.75, 3.05) is 6.61 Å². The number of rotatable bonds is 10. The summed E-state index contributed by atoms with van der Waals surface area (Å²) >= 11 is 0. The van der Waals surface area contributed by atoms with Crippen LogP contribution in [0.4, 0.5) is 8.78 Å². The molecule has 5 nitrogen and oxygen atoms in total. The summed E-state index contributed by atoms with van der Waals surface area (Å²) in [6.45, 7) is 5.66. The van der Waals surface area contributed by atoms with Gasteiger partial charge >= 0.3 is 5.97 Å². The highest BCUT2D eigenvalue weighted by Gasteiger charge is 2.46. The highest BCUT2D eigenvalue weighted by molar-refractivity contribution is 5.81. The van der Waals surface area contributed by atoms with E-state index in [0.29, 0.717) is 6.42 Å². The van der Waals surface area contributed by atoms with Gasteiger partial charge < -0.3 is 15.0 Å². The van der Waals surface area contributed by atoms with E-state index in [4.69, 9.17) is 10.5 Å². The van der Waals surface area contributed by atoms with Crippen molar-refractivity contribution in [2.45, 2.75) is 70.9 Å². The lowest BCUT2D eigenvalue weighted by atomic mass is 10.0. The fourth-order valence-corrected chi connectivity index (χ4v) is 2.28. The molecule has 2 N–H and O–H groups in total. The Hall–Kier alpha value is -1.50. The number of imidazole rings is 1. The van der Waals surface area contributed by atoms with E-state index in [2.05, 4.69) is 11.9 Å². The molecule has 1 heterocycles. The van der Waals surface area contributed by atoms with Gasteiger partial charge in [0.1, 0.15) is 0 Å². The molecule has 7 heteroatoms. The van der Waals surface area contributed by atoms with Gasteiger partial charge in [-0.15, -0.1) is 0 Å². The molecule has 1 aromatic rings. The van der Waals surface area contributed by atoms with Gasteiger partial charge in [0.2, 0.25) is 0 Å². The maximum Gasteiger partial charge on any atom is 0.334 e. The van der Waals surface area contributed by atoms with E-state index < -0.39 is 17.9 Å². The van der Waals surface area contributed by atoms with Crippen LogP contribution in [0.2, 0.25) is 0 Å². The lowest BCUT2D eigenvalue weighted by Crippen LogP contribution is -2.58. The molecule has 132 valence electrons. The van der Waals surface area contributed by atoms with E-state index in [1.807, 2.05) is 13.8 Å². The van der Waals surface area contributed by atoms with Gasteiger partial charge in [0.05, 0.1) is 19.5 Å². The topological polar surface area (TPSA) is 70.1 Å². The number of carbonyl (C=O) groups is 1. The van der Waals surface area contributed by atoms with Crippen molar-refractivity contribution < 1.29 is 18.3 Å². The summed E-state index contributed by atoms with van der Waals surface area (Å²) in [5.41, 5.74) is 4.09. The molecule has 1 atom stereocenters. The zero-order valence-electron chi connectivity index (χ0n) is 14.1. The number of alkyl halides is 2. The Morgan fingerprint density at radius 1 is 1.39 bits per heavy atom. The molecule has 0 aromatic carbocycles. The van der Waals surface area contributed by atoms with Crippen molar-refractivity contribution in [3.05, 3.63) is 18.2 Å². The van der Waals surface area contributed by atoms with E-state index in [1.165, 1.54) is 10.9 Å². The first kappa shape index (κ1) is 19.5.